The SMILES string of the molecule is CC(C)COc1cccc(C(=O)Nc2ccc(C(=O)NCc3ccco3)cc2)c1. The zero-order valence-corrected chi connectivity index (χ0v) is 16.5. The van der Waals surface area contributed by atoms with E-state index in [4.69, 9.17) is 9.15 Å². The Morgan fingerprint density at radius 3 is 2.45 bits per heavy atom. The van der Waals surface area contributed by atoms with Gasteiger partial charge in [-0.2, -0.15) is 0 Å². The Bertz CT molecular complexity index is 947. The highest BCUT2D eigenvalue weighted by Gasteiger charge is 2.10. The second-order valence-corrected chi connectivity index (χ2v) is 7.03. The molecule has 0 unspecified atom stereocenters. The third-order valence-corrected chi connectivity index (χ3v) is 4.09. The van der Waals surface area contributed by atoms with E-state index < -0.39 is 0 Å². The number of carbonyl (C=O) groups is 2. The van der Waals surface area contributed by atoms with E-state index in [9.17, 15) is 9.59 Å². The van der Waals surface area contributed by atoms with Crippen LogP contribution in [0.3, 0.4) is 0 Å². The van der Waals surface area contributed by atoms with E-state index in [-0.39, 0.29) is 11.8 Å². The molecule has 2 aromatic carbocycles. The van der Waals surface area contributed by atoms with Gasteiger partial charge in [-0.1, -0.05) is 19.9 Å². The number of hydrogen-bond acceptors (Lipinski definition) is 4. The summed E-state index contributed by atoms with van der Waals surface area (Å²) in [6.07, 6.45) is 1.56. The molecule has 0 radical (unpaired) electrons. The molecule has 0 aliphatic carbocycles. The standard InChI is InChI=1S/C23H24N2O4/c1-16(2)15-29-20-6-3-5-18(13-20)23(27)25-19-10-8-17(9-11-19)22(26)24-14-21-7-4-12-28-21/h3-13,16H,14-15H2,1-2H3,(H,24,26)(H,25,27). The molecule has 0 aliphatic heterocycles. The van der Waals surface area contributed by atoms with Gasteiger partial charge in [-0.25, -0.2) is 0 Å². The maximum Gasteiger partial charge on any atom is 0.255 e. The quantitative estimate of drug-likeness (QED) is 0.592. The van der Waals surface area contributed by atoms with Crippen molar-refractivity contribution < 1.29 is 18.7 Å². The van der Waals surface area contributed by atoms with Gasteiger partial charge in [0.2, 0.25) is 0 Å². The van der Waals surface area contributed by atoms with Gasteiger partial charge in [0, 0.05) is 16.8 Å². The minimum atomic E-state index is -0.241. The first-order chi connectivity index (χ1) is 14.0. The van der Waals surface area contributed by atoms with Gasteiger partial charge in [-0.05, 0) is 60.5 Å². The predicted octanol–water partition coefficient (Wildman–Crippen LogP) is 4.50. The fourth-order valence-corrected chi connectivity index (χ4v) is 2.58. The van der Waals surface area contributed by atoms with Crippen LogP contribution in [0, 0.1) is 5.92 Å². The molecule has 0 spiro atoms. The lowest BCUT2D eigenvalue weighted by atomic mass is 10.1. The lowest BCUT2D eigenvalue weighted by molar-refractivity contribution is 0.0947. The van der Waals surface area contributed by atoms with Crippen LogP contribution in [0.5, 0.6) is 5.75 Å². The molecule has 1 heterocycles. The Kier molecular flexibility index (Phi) is 6.68. The number of nitrogens with one attached hydrogen (secondary N) is 2. The zero-order valence-electron chi connectivity index (χ0n) is 16.5. The van der Waals surface area contributed by atoms with Crippen molar-refractivity contribution in [1.82, 2.24) is 5.32 Å². The summed E-state index contributed by atoms with van der Waals surface area (Å²) in [6.45, 7) is 5.04. The predicted molar refractivity (Wildman–Crippen MR) is 111 cm³/mol. The Morgan fingerprint density at radius 2 is 1.76 bits per heavy atom. The summed E-state index contributed by atoms with van der Waals surface area (Å²) in [5, 5.41) is 5.61. The number of rotatable bonds is 8. The molecule has 2 N–H and O–H groups in total. The van der Waals surface area contributed by atoms with E-state index >= 15 is 0 Å². The molecule has 1 aromatic heterocycles. The molecule has 6 nitrogen and oxygen atoms in total. The molecule has 3 aromatic rings. The number of hydrogen-bond donors (Lipinski definition) is 2. The summed E-state index contributed by atoms with van der Waals surface area (Å²) in [5.41, 5.74) is 1.61. The summed E-state index contributed by atoms with van der Waals surface area (Å²) < 4.78 is 10.9. The molecule has 150 valence electrons. The third kappa shape index (κ3) is 5.97. The van der Waals surface area contributed by atoms with E-state index in [1.165, 1.54) is 0 Å². The van der Waals surface area contributed by atoms with E-state index in [1.54, 1.807) is 60.9 Å². The number of amides is 2. The van der Waals surface area contributed by atoms with Crippen molar-refractivity contribution in [2.24, 2.45) is 5.92 Å². The maximum atomic E-state index is 12.5. The molecule has 0 atom stereocenters. The molecular weight excluding hydrogens is 368 g/mol. The highest BCUT2D eigenvalue weighted by molar-refractivity contribution is 6.04. The van der Waals surface area contributed by atoms with Crippen molar-refractivity contribution in [3.05, 3.63) is 83.8 Å². The number of ether oxygens (including phenoxy) is 1. The Balaban J connectivity index is 1.57. The number of carbonyl (C=O) groups excluding carboxylic acids is 2. The second kappa shape index (κ2) is 9.59. The van der Waals surface area contributed by atoms with Crippen molar-refractivity contribution in [3.63, 3.8) is 0 Å². The third-order valence-electron chi connectivity index (χ3n) is 4.09. The van der Waals surface area contributed by atoms with Crippen molar-refractivity contribution in [3.8, 4) is 5.75 Å². The average Bonchev–Trinajstić information content (AvgIpc) is 3.25. The van der Waals surface area contributed by atoms with Gasteiger partial charge in [0.05, 0.1) is 19.4 Å². The minimum Gasteiger partial charge on any atom is -0.493 e. The number of furan rings is 1. The average molecular weight is 392 g/mol. The molecular formula is C23H24N2O4. The molecule has 0 fully saturated rings. The topological polar surface area (TPSA) is 80.6 Å². The van der Waals surface area contributed by atoms with Gasteiger partial charge in [0.15, 0.2) is 0 Å². The van der Waals surface area contributed by atoms with Crippen LogP contribution in [0.25, 0.3) is 0 Å². The first-order valence-electron chi connectivity index (χ1n) is 9.46. The summed E-state index contributed by atoms with van der Waals surface area (Å²) >= 11 is 0. The van der Waals surface area contributed by atoms with Gasteiger partial charge >= 0.3 is 0 Å². The highest BCUT2D eigenvalue weighted by atomic mass is 16.5. The van der Waals surface area contributed by atoms with E-state index in [1.807, 2.05) is 6.07 Å². The van der Waals surface area contributed by atoms with Gasteiger partial charge < -0.3 is 19.8 Å². The van der Waals surface area contributed by atoms with Crippen molar-refractivity contribution >= 4 is 17.5 Å². The molecule has 0 aliphatic rings. The zero-order chi connectivity index (χ0) is 20.6. The van der Waals surface area contributed by atoms with Crippen molar-refractivity contribution in [2.75, 3.05) is 11.9 Å². The largest absolute Gasteiger partial charge is 0.493 e. The smallest absolute Gasteiger partial charge is 0.255 e. The molecule has 0 saturated heterocycles. The normalized spacial score (nSPS) is 10.6. The summed E-state index contributed by atoms with van der Waals surface area (Å²) in [5.74, 6) is 1.29. The highest BCUT2D eigenvalue weighted by Crippen LogP contribution is 2.17. The first kappa shape index (κ1) is 20.2. The van der Waals surface area contributed by atoms with E-state index in [0.29, 0.717) is 47.4 Å². The fraction of sp³-hybridized carbons (Fsp3) is 0.217. The van der Waals surface area contributed by atoms with Gasteiger partial charge in [0.25, 0.3) is 11.8 Å². The van der Waals surface area contributed by atoms with Crippen LogP contribution >= 0.6 is 0 Å². The van der Waals surface area contributed by atoms with Gasteiger partial charge in [-0.3, -0.25) is 9.59 Å². The fourth-order valence-electron chi connectivity index (χ4n) is 2.58. The van der Waals surface area contributed by atoms with Gasteiger partial charge in [0.1, 0.15) is 11.5 Å². The lowest BCUT2D eigenvalue weighted by Gasteiger charge is -2.10. The molecule has 0 saturated carbocycles. The molecule has 3 rings (SSSR count). The molecule has 2 amide bonds. The van der Waals surface area contributed by atoms with Crippen molar-refractivity contribution in [1.29, 1.82) is 0 Å². The van der Waals surface area contributed by atoms with Gasteiger partial charge in [-0.15, -0.1) is 0 Å². The van der Waals surface area contributed by atoms with Crippen LogP contribution in [-0.4, -0.2) is 18.4 Å². The number of anilines is 1. The van der Waals surface area contributed by atoms with Crippen molar-refractivity contribution in [2.45, 2.75) is 20.4 Å². The van der Waals surface area contributed by atoms with Crippen LogP contribution < -0.4 is 15.4 Å². The lowest BCUT2D eigenvalue weighted by Crippen LogP contribution is -2.22. The Hall–Kier alpha value is -3.54. The monoisotopic (exact) mass is 392 g/mol. The Morgan fingerprint density at radius 1 is 0.966 bits per heavy atom. The van der Waals surface area contributed by atoms with Crippen LogP contribution in [0.4, 0.5) is 5.69 Å². The van der Waals surface area contributed by atoms with Crippen LogP contribution in [-0.2, 0) is 6.54 Å². The van der Waals surface area contributed by atoms with Crippen LogP contribution in [0.1, 0.15) is 40.3 Å². The maximum absolute atomic E-state index is 12.5. The number of benzene rings is 2. The van der Waals surface area contributed by atoms with E-state index in [0.717, 1.165) is 0 Å². The summed E-state index contributed by atoms with van der Waals surface area (Å²) in [6, 6.07) is 17.3. The Labute approximate surface area is 169 Å². The van der Waals surface area contributed by atoms with E-state index in [2.05, 4.69) is 24.5 Å². The summed E-state index contributed by atoms with van der Waals surface area (Å²) in [7, 11) is 0. The van der Waals surface area contributed by atoms with Crippen LogP contribution in [0.2, 0.25) is 0 Å². The molecule has 0 bridgehead atoms. The van der Waals surface area contributed by atoms with Crippen LogP contribution in [0.15, 0.2) is 71.3 Å². The first-order valence-corrected chi connectivity index (χ1v) is 9.46. The molecule has 6 heteroatoms. The minimum absolute atomic E-state index is 0.214. The molecule has 29 heavy (non-hydrogen) atoms. The summed E-state index contributed by atoms with van der Waals surface area (Å²) in [4.78, 5) is 24.7. The second-order valence-electron chi connectivity index (χ2n) is 7.03.